The number of rotatable bonds is 13. The van der Waals surface area contributed by atoms with Gasteiger partial charge in [0.25, 0.3) is 0 Å². The molecule has 10 nitrogen and oxygen atoms in total. The molecule has 0 bridgehead atoms. The monoisotopic (exact) mass is 668 g/mol. The molecule has 4 fully saturated rings. The molecule has 0 saturated heterocycles. The highest BCUT2D eigenvalue weighted by molar-refractivity contribution is 5.72. The Bertz CT molecular complexity index is 1260. The van der Waals surface area contributed by atoms with Crippen LogP contribution in [-0.4, -0.2) is 74.3 Å². The molecule has 0 spiro atoms. The molecular formula is C38H60N4O6. The van der Waals surface area contributed by atoms with Gasteiger partial charge in [-0.3, -0.25) is 14.4 Å². The van der Waals surface area contributed by atoms with E-state index < -0.39 is 0 Å². The van der Waals surface area contributed by atoms with Crippen LogP contribution in [-0.2, 0) is 35.1 Å². The average molecular weight is 669 g/mol. The fourth-order valence-corrected chi connectivity index (χ4v) is 11.0. The Morgan fingerprint density at radius 3 is 2.23 bits per heavy atom. The first-order valence-electron chi connectivity index (χ1n) is 18.4. The lowest BCUT2D eigenvalue weighted by Gasteiger charge is -2.64. The van der Waals surface area contributed by atoms with E-state index in [9.17, 15) is 14.4 Å². The second-order valence-electron chi connectivity index (χ2n) is 15.9. The average Bonchev–Trinajstić information content (AvgIpc) is 3.43. The van der Waals surface area contributed by atoms with Gasteiger partial charge in [0.2, 0.25) is 0 Å². The summed E-state index contributed by atoms with van der Waals surface area (Å²) in [6, 6.07) is 10.6. The number of carbonyl (C=O) groups excluding carboxylic acids is 3. The third-order valence-electron chi connectivity index (χ3n) is 13.3. The van der Waals surface area contributed by atoms with Gasteiger partial charge in [-0.15, -0.1) is 0 Å². The summed E-state index contributed by atoms with van der Waals surface area (Å²) in [6.07, 6.45) is 7.26. The summed E-state index contributed by atoms with van der Waals surface area (Å²) < 4.78 is 18.3. The fourth-order valence-electron chi connectivity index (χ4n) is 11.0. The van der Waals surface area contributed by atoms with Crippen LogP contribution >= 0.6 is 0 Å². The lowest BCUT2D eigenvalue weighted by Crippen LogP contribution is -2.63. The van der Waals surface area contributed by atoms with Gasteiger partial charge < -0.3 is 36.3 Å². The minimum Gasteiger partial charge on any atom is -0.461 e. The predicted molar refractivity (Wildman–Crippen MR) is 184 cm³/mol. The molecule has 4 aliphatic rings. The van der Waals surface area contributed by atoms with Crippen molar-refractivity contribution in [3.05, 3.63) is 35.9 Å². The molecule has 10 heteroatoms. The fraction of sp³-hybridized carbons (Fsp3) is 0.763. The van der Waals surface area contributed by atoms with Gasteiger partial charge in [0.05, 0.1) is 19.6 Å². The van der Waals surface area contributed by atoms with Crippen LogP contribution in [0.4, 0.5) is 0 Å². The largest absolute Gasteiger partial charge is 0.461 e. The number of hydrogen-bond donors (Lipinski definition) is 3. The Morgan fingerprint density at radius 1 is 0.875 bits per heavy atom. The van der Waals surface area contributed by atoms with Crippen LogP contribution in [0.25, 0.3) is 0 Å². The quantitative estimate of drug-likeness (QED) is 0.207. The molecule has 268 valence electrons. The number of ether oxygens (including phenoxy) is 3. The van der Waals surface area contributed by atoms with Crippen LogP contribution in [0.2, 0.25) is 0 Å². The highest BCUT2D eigenvalue weighted by atomic mass is 16.6. The van der Waals surface area contributed by atoms with Crippen molar-refractivity contribution in [1.82, 2.24) is 4.90 Å². The molecule has 1 aromatic rings. The van der Waals surface area contributed by atoms with E-state index in [-0.39, 0.29) is 90.4 Å². The van der Waals surface area contributed by atoms with E-state index in [0.717, 1.165) is 51.6 Å². The molecular weight excluding hydrogens is 608 g/mol. The standard InChI is InChI=1S/C38H60N4O6/c1-24(9-8-16-42(4)23-25-10-6-5-7-11-25)28-12-13-29-36-30(19-32(38(28,29)3)48-35(45)22-41)37(2)15-14-27(46-33(43)20-39)17-26(37)18-31(36)47-34(44)21-40/h5-7,10-11,24,26-32,36H,8-9,12-23,39-41H2,1-4H3/t24-,26+,27-,28-,29+,30+,31-,32+,36+,37+,38-/m1/s1. The number of nitrogens with zero attached hydrogens (tertiary/aromatic N) is 1. The van der Waals surface area contributed by atoms with E-state index in [1.807, 2.05) is 0 Å². The number of esters is 3. The minimum absolute atomic E-state index is 0.0797. The van der Waals surface area contributed by atoms with E-state index in [2.05, 4.69) is 63.1 Å². The van der Waals surface area contributed by atoms with Crippen molar-refractivity contribution in [3.63, 3.8) is 0 Å². The summed E-state index contributed by atoms with van der Waals surface area (Å²) in [7, 11) is 2.18. The first-order valence-corrected chi connectivity index (χ1v) is 18.4. The summed E-state index contributed by atoms with van der Waals surface area (Å²) in [6.45, 7) is 8.57. The van der Waals surface area contributed by atoms with Gasteiger partial charge in [-0.1, -0.05) is 51.1 Å². The van der Waals surface area contributed by atoms with E-state index in [4.69, 9.17) is 31.4 Å². The van der Waals surface area contributed by atoms with Crippen molar-refractivity contribution in [2.24, 2.45) is 63.5 Å². The SMILES string of the molecule is C[C@H](CCCN(C)Cc1ccccc1)[C@H]1CC[C@H]2[C@@H]3[C@H](OC(=O)CN)C[C@@H]4C[C@H](OC(=O)CN)CC[C@]4(C)[C@H]3C[C@H](OC(=O)CN)[C@]12C. The second-order valence-corrected chi connectivity index (χ2v) is 15.9. The van der Waals surface area contributed by atoms with Gasteiger partial charge in [-0.2, -0.15) is 0 Å². The predicted octanol–water partition coefficient (Wildman–Crippen LogP) is 4.02. The zero-order chi connectivity index (χ0) is 34.6. The molecule has 0 heterocycles. The first-order chi connectivity index (χ1) is 22.9. The third kappa shape index (κ3) is 7.47. The molecule has 1 aromatic carbocycles. The zero-order valence-corrected chi connectivity index (χ0v) is 29.6. The number of benzene rings is 1. The lowest BCUT2D eigenvalue weighted by atomic mass is 9.43. The highest BCUT2D eigenvalue weighted by Gasteiger charge is 2.67. The molecule has 5 rings (SSSR count). The van der Waals surface area contributed by atoms with E-state index in [1.54, 1.807) is 0 Å². The highest BCUT2D eigenvalue weighted by Crippen LogP contribution is 2.69. The molecule has 4 aliphatic carbocycles. The van der Waals surface area contributed by atoms with E-state index in [0.29, 0.717) is 31.1 Å². The maximum absolute atomic E-state index is 12.9. The van der Waals surface area contributed by atoms with Crippen LogP contribution in [0.3, 0.4) is 0 Å². The van der Waals surface area contributed by atoms with Gasteiger partial charge >= 0.3 is 17.9 Å². The summed E-state index contributed by atoms with van der Waals surface area (Å²) in [5, 5.41) is 0. The normalized spacial score (nSPS) is 36.3. The van der Waals surface area contributed by atoms with Crippen LogP contribution in [0.1, 0.15) is 84.1 Å². The van der Waals surface area contributed by atoms with Crippen molar-refractivity contribution >= 4 is 17.9 Å². The van der Waals surface area contributed by atoms with Gasteiger partial charge in [0.15, 0.2) is 0 Å². The minimum atomic E-state index is -0.389. The molecule has 0 unspecified atom stereocenters. The summed E-state index contributed by atoms with van der Waals surface area (Å²) >= 11 is 0. The Hall–Kier alpha value is -2.53. The van der Waals surface area contributed by atoms with Gasteiger partial charge in [-0.05, 0) is 112 Å². The Labute approximate surface area is 287 Å². The topological polar surface area (TPSA) is 160 Å². The third-order valence-corrected chi connectivity index (χ3v) is 13.3. The van der Waals surface area contributed by atoms with Gasteiger partial charge in [0, 0.05) is 17.9 Å². The first kappa shape index (κ1) is 36.7. The Kier molecular flexibility index (Phi) is 11.9. The summed E-state index contributed by atoms with van der Waals surface area (Å²) in [5.41, 5.74) is 18.2. The maximum Gasteiger partial charge on any atom is 0.319 e. The van der Waals surface area contributed by atoms with Gasteiger partial charge in [0.1, 0.15) is 18.3 Å². The van der Waals surface area contributed by atoms with Crippen LogP contribution in [0, 0.1) is 46.3 Å². The van der Waals surface area contributed by atoms with E-state index >= 15 is 0 Å². The molecule has 11 atom stereocenters. The van der Waals surface area contributed by atoms with Crippen molar-refractivity contribution in [2.75, 3.05) is 33.2 Å². The lowest BCUT2D eigenvalue weighted by molar-refractivity contribution is -0.225. The number of fused-ring (bicyclic) bond motifs is 5. The van der Waals surface area contributed by atoms with Crippen LogP contribution in [0.15, 0.2) is 30.3 Å². The Balaban J connectivity index is 1.38. The second kappa shape index (κ2) is 15.6. The molecule has 48 heavy (non-hydrogen) atoms. The zero-order valence-electron chi connectivity index (χ0n) is 29.6. The van der Waals surface area contributed by atoms with Gasteiger partial charge in [-0.25, -0.2) is 0 Å². The molecule has 0 aromatic heterocycles. The van der Waals surface area contributed by atoms with Crippen molar-refractivity contribution in [3.8, 4) is 0 Å². The molecule has 4 saturated carbocycles. The molecule has 0 amide bonds. The molecule has 0 radical (unpaired) electrons. The van der Waals surface area contributed by atoms with Crippen LogP contribution in [0.5, 0.6) is 0 Å². The van der Waals surface area contributed by atoms with Crippen molar-refractivity contribution < 1.29 is 28.6 Å². The summed E-state index contributed by atoms with van der Waals surface area (Å²) in [5.74, 6) is 0.375. The number of nitrogens with two attached hydrogens (primary N) is 3. The Morgan fingerprint density at radius 2 is 1.54 bits per heavy atom. The molecule has 6 N–H and O–H groups in total. The van der Waals surface area contributed by atoms with Crippen molar-refractivity contribution in [1.29, 1.82) is 0 Å². The number of hydrogen-bond acceptors (Lipinski definition) is 10. The maximum atomic E-state index is 12.9. The van der Waals surface area contributed by atoms with E-state index in [1.165, 1.54) is 5.56 Å². The molecule has 0 aliphatic heterocycles. The summed E-state index contributed by atoms with van der Waals surface area (Å²) in [4.78, 5) is 40.2. The van der Waals surface area contributed by atoms with Crippen LogP contribution < -0.4 is 17.2 Å². The van der Waals surface area contributed by atoms with Crippen molar-refractivity contribution in [2.45, 2.75) is 103 Å². The number of carbonyl (C=O) groups is 3. The smallest absolute Gasteiger partial charge is 0.319 e.